The highest BCUT2D eigenvalue weighted by atomic mass is 32.1. The monoisotopic (exact) mass is 421 g/mol. The van der Waals surface area contributed by atoms with Gasteiger partial charge in [0.05, 0.1) is 26.3 Å². The molecule has 30 heavy (non-hydrogen) atoms. The van der Waals surface area contributed by atoms with Crippen LogP contribution in [0.1, 0.15) is 18.2 Å². The van der Waals surface area contributed by atoms with Crippen molar-refractivity contribution < 1.29 is 14.3 Å². The number of carbonyl (C=O) groups is 1. The SMILES string of the molecule is CCc1ccccc1NC(=O)Cc1csc2nc(-c3ccc(OC)c(OC)c3)cn12. The molecule has 0 unspecified atom stereocenters. The molecule has 0 saturated carbocycles. The van der Waals surface area contributed by atoms with Crippen molar-refractivity contribution in [3.8, 4) is 22.8 Å². The van der Waals surface area contributed by atoms with Crippen molar-refractivity contribution in [3.63, 3.8) is 0 Å². The second-order valence-electron chi connectivity index (χ2n) is 6.81. The fourth-order valence-corrected chi connectivity index (χ4v) is 4.27. The largest absolute Gasteiger partial charge is 0.493 e. The normalized spacial score (nSPS) is 10.9. The van der Waals surface area contributed by atoms with Crippen molar-refractivity contribution in [3.05, 3.63) is 65.3 Å². The molecule has 0 atom stereocenters. The van der Waals surface area contributed by atoms with Crippen LogP contribution in [-0.4, -0.2) is 29.5 Å². The lowest BCUT2D eigenvalue weighted by atomic mass is 10.1. The predicted octanol–water partition coefficient (Wildman–Crippen LogP) is 4.82. The number of imidazole rings is 1. The third-order valence-corrected chi connectivity index (χ3v) is 5.87. The van der Waals surface area contributed by atoms with Crippen LogP contribution in [0.25, 0.3) is 16.2 Å². The molecule has 0 saturated heterocycles. The van der Waals surface area contributed by atoms with Gasteiger partial charge in [-0.1, -0.05) is 25.1 Å². The molecular formula is C23H23N3O3S. The number of aromatic nitrogens is 2. The lowest BCUT2D eigenvalue weighted by Crippen LogP contribution is -2.16. The van der Waals surface area contributed by atoms with Crippen LogP contribution in [0.2, 0.25) is 0 Å². The molecule has 2 aromatic heterocycles. The van der Waals surface area contributed by atoms with Gasteiger partial charge in [-0.25, -0.2) is 4.98 Å². The number of amides is 1. The highest BCUT2D eigenvalue weighted by molar-refractivity contribution is 7.15. The summed E-state index contributed by atoms with van der Waals surface area (Å²) in [7, 11) is 3.22. The van der Waals surface area contributed by atoms with E-state index in [1.54, 1.807) is 14.2 Å². The molecular weight excluding hydrogens is 398 g/mol. The van der Waals surface area contributed by atoms with Crippen LogP contribution in [0.4, 0.5) is 5.69 Å². The van der Waals surface area contributed by atoms with Crippen molar-refractivity contribution in [2.75, 3.05) is 19.5 Å². The smallest absolute Gasteiger partial charge is 0.230 e. The molecule has 2 heterocycles. The molecule has 0 spiro atoms. The predicted molar refractivity (Wildman–Crippen MR) is 120 cm³/mol. The molecule has 0 aliphatic rings. The summed E-state index contributed by atoms with van der Waals surface area (Å²) in [6.45, 7) is 2.08. The number of carbonyl (C=O) groups excluding carboxylic acids is 1. The fourth-order valence-electron chi connectivity index (χ4n) is 3.40. The van der Waals surface area contributed by atoms with Crippen molar-refractivity contribution in [2.45, 2.75) is 19.8 Å². The topological polar surface area (TPSA) is 64.9 Å². The van der Waals surface area contributed by atoms with Gasteiger partial charge < -0.3 is 14.8 Å². The van der Waals surface area contributed by atoms with Crippen LogP contribution in [0.15, 0.2) is 54.0 Å². The molecule has 0 aliphatic heterocycles. The number of methoxy groups -OCH3 is 2. The molecule has 0 bridgehead atoms. The number of thiazole rings is 1. The van der Waals surface area contributed by atoms with E-state index in [9.17, 15) is 4.79 Å². The van der Waals surface area contributed by atoms with Gasteiger partial charge >= 0.3 is 0 Å². The maximum Gasteiger partial charge on any atom is 0.230 e. The summed E-state index contributed by atoms with van der Waals surface area (Å²) >= 11 is 1.52. The Kier molecular flexibility index (Phi) is 5.72. The lowest BCUT2D eigenvalue weighted by Gasteiger charge is -2.09. The zero-order chi connectivity index (χ0) is 21.1. The van der Waals surface area contributed by atoms with E-state index in [1.807, 2.05) is 58.4 Å². The summed E-state index contributed by atoms with van der Waals surface area (Å²) < 4.78 is 12.7. The Morgan fingerprint density at radius 1 is 1.13 bits per heavy atom. The van der Waals surface area contributed by atoms with E-state index in [4.69, 9.17) is 14.5 Å². The molecule has 2 aromatic carbocycles. The number of nitrogens with one attached hydrogen (secondary N) is 1. The number of hydrogen-bond acceptors (Lipinski definition) is 5. The summed E-state index contributed by atoms with van der Waals surface area (Å²) in [5.74, 6) is 1.28. The van der Waals surface area contributed by atoms with Gasteiger partial charge in [0.15, 0.2) is 16.5 Å². The van der Waals surface area contributed by atoms with Gasteiger partial charge in [-0.05, 0) is 36.2 Å². The molecule has 6 nitrogen and oxygen atoms in total. The van der Waals surface area contributed by atoms with E-state index < -0.39 is 0 Å². The fraction of sp³-hybridized carbons (Fsp3) is 0.217. The van der Waals surface area contributed by atoms with E-state index in [0.717, 1.165) is 39.6 Å². The first kappa shape index (κ1) is 20.0. The molecule has 7 heteroatoms. The Hall–Kier alpha value is -3.32. The summed E-state index contributed by atoms with van der Waals surface area (Å²) in [6.07, 6.45) is 3.10. The van der Waals surface area contributed by atoms with Gasteiger partial charge in [-0.15, -0.1) is 11.3 Å². The molecule has 0 aliphatic carbocycles. The first-order valence-corrected chi connectivity index (χ1v) is 10.6. The van der Waals surface area contributed by atoms with Gasteiger partial charge in [0.1, 0.15) is 0 Å². The standard InChI is InChI=1S/C23H23N3O3S/c1-4-15-7-5-6-8-18(15)24-22(27)12-17-14-30-23-25-19(13-26(17)23)16-9-10-20(28-2)21(11-16)29-3/h5-11,13-14H,4,12H2,1-3H3,(H,24,27). The number of ether oxygens (including phenoxy) is 2. The van der Waals surface area contributed by atoms with Crippen LogP contribution in [0, 0.1) is 0 Å². The number of aryl methyl sites for hydroxylation is 1. The third-order valence-electron chi connectivity index (χ3n) is 4.98. The molecule has 4 rings (SSSR count). The van der Waals surface area contributed by atoms with Gasteiger partial charge in [0.2, 0.25) is 5.91 Å². The van der Waals surface area contributed by atoms with E-state index in [0.29, 0.717) is 11.5 Å². The van der Waals surface area contributed by atoms with E-state index >= 15 is 0 Å². The Morgan fingerprint density at radius 3 is 2.70 bits per heavy atom. The Morgan fingerprint density at radius 2 is 1.93 bits per heavy atom. The molecule has 0 radical (unpaired) electrons. The molecule has 4 aromatic rings. The van der Waals surface area contributed by atoms with Crippen molar-refractivity contribution in [1.82, 2.24) is 9.38 Å². The van der Waals surface area contributed by atoms with Crippen LogP contribution in [0.5, 0.6) is 11.5 Å². The van der Waals surface area contributed by atoms with E-state index in [2.05, 4.69) is 12.2 Å². The quantitative estimate of drug-likeness (QED) is 0.464. The zero-order valence-electron chi connectivity index (χ0n) is 17.1. The Bertz CT molecular complexity index is 1200. The average Bonchev–Trinajstić information content (AvgIpc) is 3.35. The number of rotatable bonds is 7. The van der Waals surface area contributed by atoms with Gasteiger partial charge in [-0.2, -0.15) is 0 Å². The second kappa shape index (κ2) is 8.59. The molecule has 1 N–H and O–H groups in total. The van der Waals surface area contributed by atoms with E-state index in [-0.39, 0.29) is 12.3 Å². The zero-order valence-corrected chi connectivity index (χ0v) is 18.0. The summed E-state index contributed by atoms with van der Waals surface area (Å²) in [6, 6.07) is 13.6. The second-order valence-corrected chi connectivity index (χ2v) is 7.65. The Labute approximate surface area is 179 Å². The summed E-state index contributed by atoms with van der Waals surface area (Å²) in [5.41, 5.74) is 4.64. The maximum absolute atomic E-state index is 12.7. The number of anilines is 1. The average molecular weight is 422 g/mol. The maximum atomic E-state index is 12.7. The lowest BCUT2D eigenvalue weighted by molar-refractivity contribution is -0.115. The molecule has 154 valence electrons. The summed E-state index contributed by atoms with van der Waals surface area (Å²) in [5, 5.41) is 5.01. The number of nitrogens with zero attached hydrogens (tertiary/aromatic N) is 2. The Balaban J connectivity index is 1.57. The third kappa shape index (κ3) is 3.89. The van der Waals surface area contributed by atoms with Gasteiger partial charge in [0.25, 0.3) is 0 Å². The van der Waals surface area contributed by atoms with Crippen LogP contribution in [0.3, 0.4) is 0 Å². The molecule has 0 fully saturated rings. The van der Waals surface area contributed by atoms with Crippen molar-refractivity contribution in [1.29, 1.82) is 0 Å². The highest BCUT2D eigenvalue weighted by Crippen LogP contribution is 2.32. The first-order chi connectivity index (χ1) is 14.6. The number of hydrogen-bond donors (Lipinski definition) is 1. The minimum atomic E-state index is -0.0445. The number of benzene rings is 2. The summed E-state index contributed by atoms with van der Waals surface area (Å²) in [4.78, 5) is 18.2. The van der Waals surface area contributed by atoms with Crippen molar-refractivity contribution in [2.24, 2.45) is 0 Å². The minimum absolute atomic E-state index is 0.0445. The van der Waals surface area contributed by atoms with Crippen LogP contribution >= 0.6 is 11.3 Å². The van der Waals surface area contributed by atoms with Gasteiger partial charge in [0, 0.05) is 28.5 Å². The van der Waals surface area contributed by atoms with Crippen LogP contribution in [-0.2, 0) is 17.6 Å². The number of fused-ring (bicyclic) bond motifs is 1. The minimum Gasteiger partial charge on any atom is -0.493 e. The van der Waals surface area contributed by atoms with Crippen molar-refractivity contribution >= 4 is 27.9 Å². The highest BCUT2D eigenvalue weighted by Gasteiger charge is 2.15. The van der Waals surface area contributed by atoms with E-state index in [1.165, 1.54) is 11.3 Å². The molecule has 1 amide bonds. The number of para-hydroxylation sites is 1. The van der Waals surface area contributed by atoms with Crippen LogP contribution < -0.4 is 14.8 Å². The van der Waals surface area contributed by atoms with Gasteiger partial charge in [-0.3, -0.25) is 9.20 Å². The first-order valence-electron chi connectivity index (χ1n) is 9.68.